The maximum absolute atomic E-state index is 12.2. The summed E-state index contributed by atoms with van der Waals surface area (Å²) in [6.45, 7) is 2.46. The van der Waals surface area contributed by atoms with Crippen LogP contribution in [0.5, 0.6) is 5.75 Å². The minimum absolute atomic E-state index is 0.115. The van der Waals surface area contributed by atoms with Crippen molar-refractivity contribution in [1.29, 1.82) is 0 Å². The molecule has 0 saturated heterocycles. The van der Waals surface area contributed by atoms with Gasteiger partial charge in [-0.1, -0.05) is 30.7 Å². The number of benzene rings is 2. The maximum Gasteiger partial charge on any atom is 0.275 e. The highest BCUT2D eigenvalue weighted by Gasteiger charge is 2.12. The molecule has 0 unspecified atom stereocenters. The maximum atomic E-state index is 12.2. The van der Waals surface area contributed by atoms with Gasteiger partial charge in [-0.15, -0.1) is 0 Å². The normalized spacial score (nSPS) is 10.6. The van der Waals surface area contributed by atoms with Crippen LogP contribution in [0.25, 0.3) is 0 Å². The number of nitrogens with zero attached hydrogens (tertiary/aromatic N) is 2. The van der Waals surface area contributed by atoms with Crippen molar-refractivity contribution in [1.82, 2.24) is 5.43 Å². The number of nitro groups is 1. The van der Waals surface area contributed by atoms with Crippen LogP contribution in [0.4, 0.5) is 5.69 Å². The standard InChI is InChI=1S/C17H16ClN3O4/c1-2-9-25-16-6-4-3-5-14(16)17(22)20-19-11-12-10-13(21(23)24)7-8-15(12)18/h3-8,10-11H,2,9H2,1H3,(H,20,22). The number of rotatable bonds is 7. The van der Waals surface area contributed by atoms with Crippen LogP contribution in [0.1, 0.15) is 29.3 Å². The number of nitro benzene ring substituents is 1. The van der Waals surface area contributed by atoms with Gasteiger partial charge in [0.25, 0.3) is 11.6 Å². The third-order valence-corrected chi connectivity index (χ3v) is 3.50. The first-order chi connectivity index (χ1) is 12.0. The largest absolute Gasteiger partial charge is 0.493 e. The number of carbonyl (C=O) groups excluding carboxylic acids is 1. The molecule has 0 atom stereocenters. The predicted molar refractivity (Wildman–Crippen MR) is 95.4 cm³/mol. The SMILES string of the molecule is CCCOc1ccccc1C(=O)NN=Cc1cc([N+](=O)[O-])ccc1Cl. The molecule has 0 aliphatic heterocycles. The van der Waals surface area contributed by atoms with Crippen LogP contribution in [0.2, 0.25) is 5.02 Å². The van der Waals surface area contributed by atoms with Gasteiger partial charge in [-0.3, -0.25) is 14.9 Å². The lowest BCUT2D eigenvalue weighted by Gasteiger charge is -2.09. The summed E-state index contributed by atoms with van der Waals surface area (Å²) in [5, 5.41) is 14.9. The molecule has 2 rings (SSSR count). The molecule has 0 spiro atoms. The van der Waals surface area contributed by atoms with E-state index in [2.05, 4.69) is 10.5 Å². The second-order valence-electron chi connectivity index (χ2n) is 5.01. The Balaban J connectivity index is 2.11. The van der Waals surface area contributed by atoms with E-state index in [1.54, 1.807) is 24.3 Å². The summed E-state index contributed by atoms with van der Waals surface area (Å²) in [6.07, 6.45) is 2.07. The van der Waals surface area contributed by atoms with Crippen molar-refractivity contribution in [3.63, 3.8) is 0 Å². The summed E-state index contributed by atoms with van der Waals surface area (Å²) in [5.41, 5.74) is 2.92. The zero-order valence-electron chi connectivity index (χ0n) is 13.4. The Hall–Kier alpha value is -2.93. The highest BCUT2D eigenvalue weighted by Crippen LogP contribution is 2.21. The van der Waals surface area contributed by atoms with Gasteiger partial charge in [0.1, 0.15) is 5.75 Å². The number of amides is 1. The molecular weight excluding hydrogens is 346 g/mol. The van der Waals surface area contributed by atoms with Gasteiger partial charge < -0.3 is 4.74 Å². The average Bonchev–Trinajstić information content (AvgIpc) is 2.61. The number of hydrogen-bond donors (Lipinski definition) is 1. The lowest BCUT2D eigenvalue weighted by molar-refractivity contribution is -0.384. The number of nitrogens with one attached hydrogen (secondary N) is 1. The van der Waals surface area contributed by atoms with E-state index in [0.717, 1.165) is 6.42 Å². The fourth-order valence-corrected chi connectivity index (χ4v) is 2.12. The molecule has 0 heterocycles. The third kappa shape index (κ3) is 5.02. The fourth-order valence-electron chi connectivity index (χ4n) is 1.96. The van der Waals surface area contributed by atoms with Gasteiger partial charge in [0.2, 0.25) is 0 Å². The number of non-ortho nitro benzene ring substituents is 1. The molecule has 0 fully saturated rings. The van der Waals surface area contributed by atoms with Crippen molar-refractivity contribution >= 4 is 29.4 Å². The van der Waals surface area contributed by atoms with Gasteiger partial charge in [-0.25, -0.2) is 5.43 Å². The Labute approximate surface area is 149 Å². The van der Waals surface area contributed by atoms with E-state index < -0.39 is 10.8 Å². The van der Waals surface area contributed by atoms with Crippen molar-refractivity contribution < 1.29 is 14.5 Å². The Kier molecular flexibility index (Phi) is 6.47. The van der Waals surface area contributed by atoms with Crippen molar-refractivity contribution in [2.45, 2.75) is 13.3 Å². The second kappa shape index (κ2) is 8.79. The zero-order chi connectivity index (χ0) is 18.2. The Morgan fingerprint density at radius 1 is 1.36 bits per heavy atom. The molecule has 0 aliphatic rings. The summed E-state index contributed by atoms with van der Waals surface area (Å²) in [4.78, 5) is 22.5. The van der Waals surface area contributed by atoms with E-state index in [-0.39, 0.29) is 10.7 Å². The van der Waals surface area contributed by atoms with Crippen molar-refractivity contribution in [2.24, 2.45) is 5.10 Å². The number of para-hydroxylation sites is 1. The fraction of sp³-hybridized carbons (Fsp3) is 0.176. The third-order valence-electron chi connectivity index (χ3n) is 3.15. The Bertz CT molecular complexity index is 808. The predicted octanol–water partition coefficient (Wildman–Crippen LogP) is 3.80. The van der Waals surface area contributed by atoms with Crippen LogP contribution in [0, 0.1) is 10.1 Å². The minimum atomic E-state index is -0.534. The number of ether oxygens (including phenoxy) is 1. The van der Waals surface area contributed by atoms with E-state index in [9.17, 15) is 14.9 Å². The van der Waals surface area contributed by atoms with E-state index in [1.807, 2.05) is 6.92 Å². The van der Waals surface area contributed by atoms with Crippen molar-refractivity contribution in [3.05, 3.63) is 68.7 Å². The first kappa shape index (κ1) is 18.4. The lowest BCUT2D eigenvalue weighted by atomic mass is 10.2. The van der Waals surface area contributed by atoms with Crippen LogP contribution >= 0.6 is 11.6 Å². The summed E-state index contributed by atoms with van der Waals surface area (Å²) < 4.78 is 5.52. The molecule has 0 aliphatic carbocycles. The van der Waals surface area contributed by atoms with Gasteiger partial charge >= 0.3 is 0 Å². The number of hydrazone groups is 1. The quantitative estimate of drug-likeness (QED) is 0.461. The molecule has 25 heavy (non-hydrogen) atoms. The van der Waals surface area contributed by atoms with E-state index >= 15 is 0 Å². The van der Waals surface area contributed by atoms with Crippen molar-refractivity contribution in [2.75, 3.05) is 6.61 Å². The molecule has 2 aromatic rings. The van der Waals surface area contributed by atoms with Crippen LogP contribution in [0.15, 0.2) is 47.6 Å². The molecule has 2 aromatic carbocycles. The molecule has 0 aromatic heterocycles. The van der Waals surface area contributed by atoms with Gasteiger partial charge in [0.05, 0.1) is 23.3 Å². The first-order valence-corrected chi connectivity index (χ1v) is 7.90. The lowest BCUT2D eigenvalue weighted by Crippen LogP contribution is -2.18. The highest BCUT2D eigenvalue weighted by atomic mass is 35.5. The summed E-state index contributed by atoms with van der Waals surface area (Å²) >= 11 is 5.97. The molecule has 1 N–H and O–H groups in total. The van der Waals surface area contributed by atoms with Crippen LogP contribution in [0.3, 0.4) is 0 Å². The Morgan fingerprint density at radius 3 is 2.84 bits per heavy atom. The van der Waals surface area contributed by atoms with E-state index in [1.165, 1.54) is 24.4 Å². The van der Waals surface area contributed by atoms with Crippen LogP contribution in [-0.4, -0.2) is 23.7 Å². The number of hydrogen-bond acceptors (Lipinski definition) is 5. The highest BCUT2D eigenvalue weighted by molar-refractivity contribution is 6.33. The average molecular weight is 362 g/mol. The Morgan fingerprint density at radius 2 is 2.12 bits per heavy atom. The summed E-state index contributed by atoms with van der Waals surface area (Å²) in [5.74, 6) is 0.00920. The van der Waals surface area contributed by atoms with Gasteiger partial charge in [-0.05, 0) is 24.6 Å². The van der Waals surface area contributed by atoms with Crippen LogP contribution in [-0.2, 0) is 0 Å². The summed E-state index contributed by atoms with van der Waals surface area (Å²) in [7, 11) is 0. The molecule has 1 amide bonds. The smallest absolute Gasteiger partial charge is 0.275 e. The van der Waals surface area contributed by atoms with E-state index in [4.69, 9.17) is 16.3 Å². The molecule has 130 valence electrons. The van der Waals surface area contributed by atoms with Gasteiger partial charge in [0.15, 0.2) is 0 Å². The molecule has 8 heteroatoms. The van der Waals surface area contributed by atoms with Gasteiger partial charge in [-0.2, -0.15) is 5.10 Å². The number of carbonyl (C=O) groups is 1. The summed E-state index contributed by atoms with van der Waals surface area (Å²) in [6, 6.07) is 10.8. The molecule has 0 radical (unpaired) electrons. The zero-order valence-corrected chi connectivity index (χ0v) is 14.2. The van der Waals surface area contributed by atoms with Gasteiger partial charge in [0, 0.05) is 22.7 Å². The molecule has 0 saturated carbocycles. The molecule has 7 nitrogen and oxygen atoms in total. The topological polar surface area (TPSA) is 93.8 Å². The van der Waals surface area contributed by atoms with Crippen molar-refractivity contribution in [3.8, 4) is 5.75 Å². The number of halogens is 1. The molecular formula is C17H16ClN3O4. The van der Waals surface area contributed by atoms with Crippen LogP contribution < -0.4 is 10.2 Å². The first-order valence-electron chi connectivity index (χ1n) is 7.52. The second-order valence-corrected chi connectivity index (χ2v) is 5.41. The monoisotopic (exact) mass is 361 g/mol. The molecule has 0 bridgehead atoms. The minimum Gasteiger partial charge on any atom is -0.493 e. The van der Waals surface area contributed by atoms with E-state index in [0.29, 0.717) is 23.5 Å².